The number of aliphatic carboxylic acids is 1. The minimum atomic E-state index is -1.14. The van der Waals surface area contributed by atoms with Crippen molar-refractivity contribution in [3.05, 3.63) is 82.2 Å². The maximum atomic E-state index is 12.7. The molecule has 44 heavy (non-hydrogen) atoms. The summed E-state index contributed by atoms with van der Waals surface area (Å²) in [4.78, 5) is 31.6. The number of nitrogens with one attached hydrogen (secondary N) is 1. The van der Waals surface area contributed by atoms with E-state index in [0.29, 0.717) is 29.9 Å². The fraction of sp³-hybridized carbons (Fsp3) is 0.472. The Hall–Kier alpha value is -3.75. The number of carbonyl (C=O) groups excluding carboxylic acids is 1. The third-order valence-electron chi connectivity index (χ3n) is 8.25. The lowest BCUT2D eigenvalue weighted by Gasteiger charge is -2.41. The van der Waals surface area contributed by atoms with Gasteiger partial charge in [-0.2, -0.15) is 0 Å². The summed E-state index contributed by atoms with van der Waals surface area (Å²) >= 11 is 0. The van der Waals surface area contributed by atoms with Gasteiger partial charge in [0.05, 0.1) is 24.0 Å². The molecule has 0 spiro atoms. The lowest BCUT2D eigenvalue weighted by molar-refractivity contribution is -0.160. The van der Waals surface area contributed by atoms with Crippen LogP contribution in [0.1, 0.15) is 92.0 Å². The number of benzene rings is 2. The van der Waals surface area contributed by atoms with Crippen molar-refractivity contribution >= 4 is 17.6 Å². The van der Waals surface area contributed by atoms with Crippen LogP contribution in [-0.2, 0) is 27.4 Å². The molecule has 1 aliphatic rings. The number of ether oxygens (including phenoxy) is 2. The second kappa shape index (κ2) is 13.5. The number of esters is 1. The van der Waals surface area contributed by atoms with Crippen LogP contribution in [0, 0.1) is 19.3 Å². The second-order valence-corrected chi connectivity index (χ2v) is 13.5. The van der Waals surface area contributed by atoms with E-state index < -0.39 is 17.7 Å². The van der Waals surface area contributed by atoms with Gasteiger partial charge >= 0.3 is 11.9 Å². The molecular formula is C36H47N3O5. The molecule has 4 rings (SSSR count). The molecule has 2 aromatic carbocycles. The fourth-order valence-corrected chi connectivity index (χ4v) is 5.77. The van der Waals surface area contributed by atoms with Gasteiger partial charge in [0.25, 0.3) is 0 Å². The highest BCUT2D eigenvalue weighted by Crippen LogP contribution is 2.44. The molecule has 2 N–H and O–H groups in total. The molecule has 236 valence electrons. The summed E-state index contributed by atoms with van der Waals surface area (Å²) in [6.45, 7) is 17.1. The molecule has 2 heterocycles. The number of rotatable bonds is 10. The Bertz CT molecular complexity index is 1460. The van der Waals surface area contributed by atoms with Crippen molar-refractivity contribution in [2.75, 3.05) is 25.1 Å². The first-order valence-electron chi connectivity index (χ1n) is 15.3. The first-order chi connectivity index (χ1) is 20.7. The van der Waals surface area contributed by atoms with Gasteiger partial charge in [-0.3, -0.25) is 4.98 Å². The number of carboxylic acids is 1. The molecule has 0 aliphatic carbocycles. The number of aryl methyl sites for hydroxylation is 2. The Balaban J connectivity index is 1.65. The van der Waals surface area contributed by atoms with Gasteiger partial charge in [-0.15, -0.1) is 0 Å². The number of piperidine rings is 1. The number of pyridine rings is 1. The number of aromatic nitrogens is 1. The van der Waals surface area contributed by atoms with Crippen LogP contribution in [0.2, 0.25) is 0 Å². The zero-order valence-electron chi connectivity index (χ0n) is 27.4. The van der Waals surface area contributed by atoms with Gasteiger partial charge in [-0.25, -0.2) is 9.59 Å². The monoisotopic (exact) mass is 601 g/mol. The number of hydrogen-bond donors (Lipinski definition) is 2. The predicted octanol–water partition coefficient (Wildman–Crippen LogP) is 7.01. The van der Waals surface area contributed by atoms with E-state index in [1.807, 2.05) is 46.8 Å². The van der Waals surface area contributed by atoms with Crippen molar-refractivity contribution in [2.45, 2.75) is 86.1 Å². The first kappa shape index (κ1) is 33.1. The molecule has 0 amide bonds. The smallest absolute Gasteiger partial charge is 0.337 e. The van der Waals surface area contributed by atoms with E-state index in [1.54, 1.807) is 12.1 Å². The van der Waals surface area contributed by atoms with E-state index >= 15 is 0 Å². The van der Waals surface area contributed by atoms with Crippen LogP contribution in [-0.4, -0.2) is 47.8 Å². The number of nitrogens with zero attached hydrogens (tertiary/aromatic N) is 2. The highest BCUT2D eigenvalue weighted by Gasteiger charge is 2.36. The standard InChI is InChI=1S/C36H47N3O5/c1-23-29(27-13-9-25(10-14-27)21-37-22-26-11-15-28(16-12-26)34(42)43-8)31(39-19-17-36(6,7)18-20-39)30(24(2)38-23)32(33(40)41)44-35(3,4)5/h9-16,32,37H,17-22H2,1-8H3,(H,40,41). The third kappa shape index (κ3) is 8.04. The number of anilines is 1. The molecule has 1 fully saturated rings. The Morgan fingerprint density at radius 3 is 2.00 bits per heavy atom. The molecule has 1 unspecified atom stereocenters. The van der Waals surface area contributed by atoms with Gasteiger partial charge in [-0.1, -0.05) is 50.2 Å². The van der Waals surface area contributed by atoms with Gasteiger partial charge in [0.15, 0.2) is 6.10 Å². The van der Waals surface area contributed by atoms with Crippen LogP contribution in [0.25, 0.3) is 11.1 Å². The van der Waals surface area contributed by atoms with Crippen LogP contribution in [0.3, 0.4) is 0 Å². The van der Waals surface area contributed by atoms with E-state index in [4.69, 9.17) is 14.5 Å². The molecule has 1 saturated heterocycles. The third-order valence-corrected chi connectivity index (χ3v) is 8.25. The summed E-state index contributed by atoms with van der Waals surface area (Å²) in [5.74, 6) is -1.36. The molecule has 8 heteroatoms. The minimum absolute atomic E-state index is 0.236. The van der Waals surface area contributed by atoms with Crippen molar-refractivity contribution in [1.82, 2.24) is 10.3 Å². The zero-order chi connectivity index (χ0) is 32.2. The van der Waals surface area contributed by atoms with E-state index in [9.17, 15) is 14.7 Å². The van der Waals surface area contributed by atoms with Crippen LogP contribution in [0.4, 0.5) is 5.69 Å². The number of carboxylic acid groups (broad SMARTS) is 1. The van der Waals surface area contributed by atoms with Gasteiger partial charge in [0, 0.05) is 48.7 Å². The maximum Gasteiger partial charge on any atom is 0.337 e. The van der Waals surface area contributed by atoms with Crippen molar-refractivity contribution in [3.8, 4) is 11.1 Å². The van der Waals surface area contributed by atoms with Crippen LogP contribution < -0.4 is 10.2 Å². The van der Waals surface area contributed by atoms with Crippen LogP contribution >= 0.6 is 0 Å². The molecule has 0 saturated carbocycles. The highest BCUT2D eigenvalue weighted by molar-refractivity contribution is 5.89. The second-order valence-electron chi connectivity index (χ2n) is 13.5. The molecule has 0 radical (unpaired) electrons. The van der Waals surface area contributed by atoms with Crippen LogP contribution in [0.15, 0.2) is 48.5 Å². The van der Waals surface area contributed by atoms with Gasteiger partial charge < -0.3 is 24.8 Å². The van der Waals surface area contributed by atoms with E-state index in [2.05, 4.69) is 48.3 Å². The molecular weight excluding hydrogens is 554 g/mol. The Kier molecular flexibility index (Phi) is 10.2. The largest absolute Gasteiger partial charge is 0.479 e. The van der Waals surface area contributed by atoms with E-state index in [1.165, 1.54) is 7.11 Å². The summed E-state index contributed by atoms with van der Waals surface area (Å²) < 4.78 is 11.0. The van der Waals surface area contributed by atoms with Crippen molar-refractivity contribution < 1.29 is 24.2 Å². The zero-order valence-corrected chi connectivity index (χ0v) is 27.4. The van der Waals surface area contributed by atoms with Crippen molar-refractivity contribution in [3.63, 3.8) is 0 Å². The number of hydrogen-bond acceptors (Lipinski definition) is 7. The summed E-state index contributed by atoms with van der Waals surface area (Å²) in [5, 5.41) is 13.9. The average molecular weight is 602 g/mol. The lowest BCUT2D eigenvalue weighted by atomic mass is 9.81. The van der Waals surface area contributed by atoms with Crippen LogP contribution in [0.5, 0.6) is 0 Å². The van der Waals surface area contributed by atoms with E-state index in [-0.39, 0.29) is 11.4 Å². The van der Waals surface area contributed by atoms with Gasteiger partial charge in [-0.05, 0) is 81.7 Å². The summed E-state index contributed by atoms with van der Waals surface area (Å²) in [5.41, 5.74) is 7.37. The summed E-state index contributed by atoms with van der Waals surface area (Å²) in [7, 11) is 1.38. The SMILES string of the molecule is COC(=O)c1ccc(CNCc2ccc(-c3c(C)nc(C)c(C(OC(C)(C)C)C(=O)O)c3N3CCC(C)(C)CC3)cc2)cc1. The van der Waals surface area contributed by atoms with E-state index in [0.717, 1.165) is 59.6 Å². The summed E-state index contributed by atoms with van der Waals surface area (Å²) in [6, 6.07) is 15.8. The molecule has 1 aliphatic heterocycles. The molecule has 8 nitrogen and oxygen atoms in total. The van der Waals surface area contributed by atoms with Crippen molar-refractivity contribution in [1.29, 1.82) is 0 Å². The van der Waals surface area contributed by atoms with Gasteiger partial charge in [0.1, 0.15) is 0 Å². The van der Waals surface area contributed by atoms with Gasteiger partial charge in [0.2, 0.25) is 0 Å². The quantitative estimate of drug-likeness (QED) is 0.239. The minimum Gasteiger partial charge on any atom is -0.479 e. The molecule has 3 aromatic rings. The average Bonchev–Trinajstić information content (AvgIpc) is 2.96. The lowest BCUT2D eigenvalue weighted by Crippen LogP contribution is -2.39. The topological polar surface area (TPSA) is 101 Å². The molecule has 1 atom stereocenters. The summed E-state index contributed by atoms with van der Waals surface area (Å²) in [6.07, 6.45) is 0.886. The van der Waals surface area contributed by atoms with Crippen molar-refractivity contribution in [2.24, 2.45) is 5.41 Å². The Morgan fingerprint density at radius 2 is 1.50 bits per heavy atom. The Labute approximate surface area is 261 Å². The Morgan fingerprint density at radius 1 is 0.955 bits per heavy atom. The first-order valence-corrected chi connectivity index (χ1v) is 15.3. The fourth-order valence-electron chi connectivity index (χ4n) is 5.77. The molecule has 0 bridgehead atoms. The normalized spacial score (nSPS) is 15.6. The number of carbonyl (C=O) groups is 2. The molecule has 1 aromatic heterocycles. The number of methoxy groups -OCH3 is 1. The highest BCUT2D eigenvalue weighted by atomic mass is 16.5. The predicted molar refractivity (Wildman–Crippen MR) is 174 cm³/mol. The maximum absolute atomic E-state index is 12.7.